The summed E-state index contributed by atoms with van der Waals surface area (Å²) in [4.78, 5) is 0. The Morgan fingerprint density at radius 1 is 1.15 bits per heavy atom. The molecule has 1 atom stereocenters. The standard InChI is InChI=1S/C15H26O2.C8H8N2/c1-3-4-5-13(2)12-15(16-10-11-17-15)9-8-14(13)6-7-14;1-6-4-7(5-9)2-3-8(6)10/h3-12H2,1-2H3;2-4H,10H2,1H3. The second kappa shape index (κ2) is 7.81. The molecule has 0 amide bonds. The molecule has 1 aromatic carbocycles. The molecule has 2 spiro atoms. The molecule has 27 heavy (non-hydrogen) atoms. The van der Waals surface area contributed by atoms with Gasteiger partial charge in [0.25, 0.3) is 0 Å². The molecule has 3 aliphatic rings. The summed E-state index contributed by atoms with van der Waals surface area (Å²) >= 11 is 0. The first-order valence-corrected chi connectivity index (χ1v) is 10.4. The normalized spacial score (nSPS) is 27.0. The fraction of sp³-hybridized carbons (Fsp3) is 0.696. The average Bonchev–Trinajstić information content (AvgIpc) is 3.34. The van der Waals surface area contributed by atoms with Crippen molar-refractivity contribution in [2.24, 2.45) is 10.8 Å². The first-order valence-electron chi connectivity index (χ1n) is 10.4. The average molecular weight is 371 g/mol. The smallest absolute Gasteiger partial charge is 0.169 e. The number of nitrogens with zero attached hydrogens (tertiary/aromatic N) is 1. The Balaban J connectivity index is 0.000000180. The van der Waals surface area contributed by atoms with Crippen molar-refractivity contribution >= 4 is 5.69 Å². The van der Waals surface area contributed by atoms with Crippen LogP contribution in [0.3, 0.4) is 0 Å². The highest BCUT2D eigenvalue weighted by atomic mass is 16.7. The van der Waals surface area contributed by atoms with E-state index in [0.29, 0.717) is 16.4 Å². The van der Waals surface area contributed by atoms with Gasteiger partial charge in [0, 0.05) is 18.5 Å². The zero-order valence-electron chi connectivity index (χ0n) is 17.1. The fourth-order valence-electron chi connectivity index (χ4n) is 5.02. The summed E-state index contributed by atoms with van der Waals surface area (Å²) in [5, 5.41) is 8.46. The van der Waals surface area contributed by atoms with Crippen LogP contribution in [0.1, 0.15) is 76.3 Å². The van der Waals surface area contributed by atoms with Gasteiger partial charge >= 0.3 is 0 Å². The third-order valence-electron chi connectivity index (χ3n) is 7.07. The Hall–Kier alpha value is -1.57. The maximum Gasteiger partial charge on any atom is 0.169 e. The number of unbranched alkanes of at least 4 members (excludes halogenated alkanes) is 1. The molecule has 1 heterocycles. The quantitative estimate of drug-likeness (QED) is 0.729. The van der Waals surface area contributed by atoms with Gasteiger partial charge in [-0.3, -0.25) is 0 Å². The highest BCUT2D eigenvalue weighted by Gasteiger charge is 2.62. The van der Waals surface area contributed by atoms with Gasteiger partial charge in [-0.25, -0.2) is 0 Å². The highest BCUT2D eigenvalue weighted by molar-refractivity contribution is 5.50. The van der Waals surface area contributed by atoms with E-state index in [0.717, 1.165) is 37.3 Å². The molecule has 0 radical (unpaired) electrons. The van der Waals surface area contributed by atoms with E-state index >= 15 is 0 Å². The number of nitrogens with two attached hydrogens (primary N) is 1. The molecule has 3 fully saturated rings. The van der Waals surface area contributed by atoms with Crippen LogP contribution in [-0.4, -0.2) is 19.0 Å². The third kappa shape index (κ3) is 4.15. The molecule has 1 saturated heterocycles. The van der Waals surface area contributed by atoms with Crippen LogP contribution >= 0.6 is 0 Å². The van der Waals surface area contributed by atoms with Gasteiger partial charge in [-0.2, -0.15) is 5.26 Å². The summed E-state index contributed by atoms with van der Waals surface area (Å²) in [7, 11) is 0. The van der Waals surface area contributed by atoms with Crippen molar-refractivity contribution in [1.82, 2.24) is 0 Å². The van der Waals surface area contributed by atoms with Crippen LogP contribution in [0.15, 0.2) is 18.2 Å². The minimum Gasteiger partial charge on any atom is -0.399 e. The summed E-state index contributed by atoms with van der Waals surface area (Å²) < 4.78 is 11.9. The van der Waals surface area contributed by atoms with E-state index in [2.05, 4.69) is 13.8 Å². The molecule has 0 aromatic heterocycles. The SMILES string of the molecule is CCCCC1(C)CC2(CCC13CC3)OCCO2.Cc1cc(C#N)ccc1N. The van der Waals surface area contributed by atoms with Gasteiger partial charge in [-0.05, 0) is 67.2 Å². The number of ether oxygens (including phenoxy) is 2. The van der Waals surface area contributed by atoms with E-state index < -0.39 is 0 Å². The molecule has 1 unspecified atom stereocenters. The number of aryl methyl sites for hydroxylation is 1. The summed E-state index contributed by atoms with van der Waals surface area (Å²) in [5.74, 6) is -0.198. The van der Waals surface area contributed by atoms with E-state index in [1.165, 1.54) is 38.5 Å². The molecule has 2 N–H and O–H groups in total. The minimum atomic E-state index is -0.198. The second-order valence-electron chi connectivity index (χ2n) is 8.91. The molecular weight excluding hydrogens is 336 g/mol. The molecule has 4 nitrogen and oxygen atoms in total. The van der Waals surface area contributed by atoms with Crippen LogP contribution in [0.4, 0.5) is 5.69 Å². The van der Waals surface area contributed by atoms with Crippen molar-refractivity contribution in [3.63, 3.8) is 0 Å². The van der Waals surface area contributed by atoms with Crippen LogP contribution in [0.25, 0.3) is 0 Å². The maximum absolute atomic E-state index is 8.46. The predicted molar refractivity (Wildman–Crippen MR) is 108 cm³/mol. The van der Waals surface area contributed by atoms with Gasteiger partial charge in [-0.1, -0.05) is 26.7 Å². The molecule has 4 heteroatoms. The van der Waals surface area contributed by atoms with Crippen molar-refractivity contribution < 1.29 is 9.47 Å². The van der Waals surface area contributed by atoms with E-state index in [-0.39, 0.29) is 5.79 Å². The number of rotatable bonds is 3. The van der Waals surface area contributed by atoms with Gasteiger partial charge < -0.3 is 15.2 Å². The number of nitrogen functional groups attached to an aromatic ring is 1. The minimum absolute atomic E-state index is 0.198. The Morgan fingerprint density at radius 2 is 1.81 bits per heavy atom. The zero-order valence-corrected chi connectivity index (χ0v) is 17.1. The summed E-state index contributed by atoms with van der Waals surface area (Å²) in [6.45, 7) is 8.29. The lowest BCUT2D eigenvalue weighted by Crippen LogP contribution is -2.47. The number of hydrogen-bond donors (Lipinski definition) is 1. The number of nitriles is 1. The summed E-state index contributed by atoms with van der Waals surface area (Å²) in [6, 6.07) is 7.27. The van der Waals surface area contributed by atoms with Gasteiger partial charge in [0.15, 0.2) is 5.79 Å². The maximum atomic E-state index is 8.46. The van der Waals surface area contributed by atoms with Gasteiger partial charge in [0.1, 0.15) is 0 Å². The number of anilines is 1. The molecule has 2 saturated carbocycles. The zero-order chi connectivity index (χ0) is 19.5. The Bertz CT molecular complexity index is 699. The van der Waals surface area contributed by atoms with Crippen molar-refractivity contribution in [2.75, 3.05) is 18.9 Å². The molecule has 1 aromatic rings. The monoisotopic (exact) mass is 370 g/mol. The van der Waals surface area contributed by atoms with Crippen molar-refractivity contribution in [3.05, 3.63) is 29.3 Å². The lowest BCUT2D eigenvalue weighted by Gasteiger charge is -2.49. The molecule has 0 bridgehead atoms. The Labute approximate surface area is 164 Å². The van der Waals surface area contributed by atoms with Crippen LogP contribution in [-0.2, 0) is 9.47 Å². The van der Waals surface area contributed by atoms with Gasteiger partial charge in [0.2, 0.25) is 0 Å². The lowest BCUT2D eigenvalue weighted by atomic mass is 9.60. The fourth-order valence-corrected chi connectivity index (χ4v) is 5.02. The van der Waals surface area contributed by atoms with Crippen molar-refractivity contribution in [3.8, 4) is 6.07 Å². The first-order chi connectivity index (χ1) is 12.9. The van der Waals surface area contributed by atoms with Crippen LogP contribution < -0.4 is 5.73 Å². The van der Waals surface area contributed by atoms with Crippen molar-refractivity contribution in [2.45, 2.75) is 77.9 Å². The van der Waals surface area contributed by atoms with Crippen molar-refractivity contribution in [1.29, 1.82) is 5.26 Å². The summed E-state index contributed by atoms with van der Waals surface area (Å²) in [5.41, 5.74) is 9.00. The summed E-state index contributed by atoms with van der Waals surface area (Å²) in [6.07, 6.45) is 10.5. The van der Waals surface area contributed by atoms with Crippen LogP contribution in [0.5, 0.6) is 0 Å². The van der Waals surface area contributed by atoms with Gasteiger partial charge in [0.05, 0.1) is 24.8 Å². The van der Waals surface area contributed by atoms with Gasteiger partial charge in [-0.15, -0.1) is 0 Å². The van der Waals surface area contributed by atoms with Crippen LogP contribution in [0, 0.1) is 29.1 Å². The Kier molecular flexibility index (Phi) is 5.84. The second-order valence-corrected chi connectivity index (χ2v) is 8.91. The molecular formula is C23H34N2O2. The third-order valence-corrected chi connectivity index (χ3v) is 7.07. The Morgan fingerprint density at radius 3 is 2.37 bits per heavy atom. The largest absolute Gasteiger partial charge is 0.399 e. The molecule has 4 rings (SSSR count). The van der Waals surface area contributed by atoms with E-state index in [9.17, 15) is 0 Å². The molecule has 2 aliphatic carbocycles. The van der Waals surface area contributed by atoms with E-state index in [1.54, 1.807) is 18.2 Å². The highest BCUT2D eigenvalue weighted by Crippen LogP contribution is 2.69. The lowest BCUT2D eigenvalue weighted by molar-refractivity contribution is -0.216. The van der Waals surface area contributed by atoms with E-state index in [4.69, 9.17) is 20.5 Å². The predicted octanol–water partition coefficient (Wildman–Crippen LogP) is 5.34. The first kappa shape index (κ1) is 20.2. The van der Waals surface area contributed by atoms with Crippen LogP contribution in [0.2, 0.25) is 0 Å². The topological polar surface area (TPSA) is 68.3 Å². The van der Waals surface area contributed by atoms with E-state index in [1.807, 2.05) is 13.0 Å². The molecule has 1 aliphatic heterocycles. The number of benzene rings is 1. The molecule has 148 valence electrons. The number of hydrogen-bond acceptors (Lipinski definition) is 4.